The van der Waals surface area contributed by atoms with Crippen LogP contribution >= 0.6 is 11.9 Å². The Balaban J connectivity index is 1.19. The van der Waals surface area contributed by atoms with Crippen LogP contribution in [0.1, 0.15) is 21.5 Å². The number of nitrogens with zero attached hydrogens (tertiary/aromatic N) is 4. The minimum Gasteiger partial charge on any atom is -0.336 e. The van der Waals surface area contributed by atoms with Crippen molar-refractivity contribution >= 4 is 34.4 Å². The van der Waals surface area contributed by atoms with Gasteiger partial charge in [0.05, 0.1) is 10.4 Å². The average molecular weight is 470 g/mol. The Labute approximate surface area is 204 Å². The highest BCUT2D eigenvalue weighted by Crippen LogP contribution is 2.29. The van der Waals surface area contributed by atoms with E-state index in [0.29, 0.717) is 0 Å². The molecule has 2 aromatic heterocycles. The van der Waals surface area contributed by atoms with Crippen LogP contribution in [-0.2, 0) is 6.54 Å². The first-order chi connectivity index (χ1) is 16.7. The smallest absolute Gasteiger partial charge is 0.253 e. The van der Waals surface area contributed by atoms with E-state index >= 15 is 0 Å². The lowest BCUT2D eigenvalue weighted by molar-refractivity contribution is 0.0628. The van der Waals surface area contributed by atoms with E-state index < -0.39 is 0 Å². The van der Waals surface area contributed by atoms with Gasteiger partial charge in [0.2, 0.25) is 0 Å². The van der Waals surface area contributed by atoms with E-state index in [2.05, 4.69) is 43.9 Å². The highest BCUT2D eigenvalue weighted by molar-refractivity contribution is 8.00. The van der Waals surface area contributed by atoms with Gasteiger partial charge in [0.15, 0.2) is 0 Å². The number of aromatic nitrogens is 2. The van der Waals surface area contributed by atoms with Gasteiger partial charge in [-0.1, -0.05) is 24.3 Å². The average Bonchev–Trinajstić information content (AvgIpc) is 2.88. The zero-order valence-electron chi connectivity index (χ0n) is 19.1. The summed E-state index contributed by atoms with van der Waals surface area (Å²) in [5, 5.41) is 1.12. The van der Waals surface area contributed by atoms with E-state index in [0.717, 1.165) is 65.3 Å². The molecule has 1 N–H and O–H groups in total. The summed E-state index contributed by atoms with van der Waals surface area (Å²) in [4.78, 5) is 27.2. The van der Waals surface area contributed by atoms with Crippen molar-refractivity contribution in [2.24, 2.45) is 0 Å². The first kappa shape index (κ1) is 22.4. The van der Waals surface area contributed by atoms with Gasteiger partial charge in [-0.25, -0.2) is 0 Å². The molecule has 1 fully saturated rings. The fraction of sp³-hybridized carbons (Fsp3) is 0.222. The fourth-order valence-electron chi connectivity index (χ4n) is 4.22. The number of para-hydroxylation sites is 1. The molecule has 1 amide bonds. The predicted octanol–water partition coefficient (Wildman–Crippen LogP) is 5.02. The van der Waals surface area contributed by atoms with Gasteiger partial charge >= 0.3 is 0 Å². The lowest BCUT2D eigenvalue weighted by Gasteiger charge is -2.34. The molecule has 0 spiro atoms. The number of carbonyl (C=O) groups is 1. The Kier molecular flexibility index (Phi) is 6.74. The number of carbonyl (C=O) groups excluding carboxylic acids is 1. The summed E-state index contributed by atoms with van der Waals surface area (Å²) in [6.07, 6.45) is 5.52. The molecule has 6 nitrogen and oxygen atoms in total. The molecular weight excluding hydrogens is 442 g/mol. The van der Waals surface area contributed by atoms with Gasteiger partial charge in [-0.2, -0.15) is 0 Å². The minimum atomic E-state index is 0.0987. The molecule has 0 saturated carbocycles. The predicted molar refractivity (Wildman–Crippen MR) is 138 cm³/mol. The molecule has 0 atom stereocenters. The van der Waals surface area contributed by atoms with Crippen LogP contribution in [-0.4, -0.2) is 51.9 Å². The molecule has 3 heterocycles. The molecule has 1 aliphatic rings. The zero-order chi connectivity index (χ0) is 23.3. The van der Waals surface area contributed by atoms with Crippen LogP contribution in [0.25, 0.3) is 10.9 Å². The number of pyridine rings is 2. The topological polar surface area (TPSA) is 61.4 Å². The summed E-state index contributed by atoms with van der Waals surface area (Å²) in [7, 11) is 0. The Morgan fingerprint density at radius 3 is 2.62 bits per heavy atom. The van der Waals surface area contributed by atoms with Gasteiger partial charge < -0.3 is 9.62 Å². The Morgan fingerprint density at radius 2 is 1.82 bits per heavy atom. The number of anilines is 1. The number of rotatable bonds is 6. The molecule has 5 rings (SSSR count). The molecule has 0 aliphatic carbocycles. The standard InChI is InChI=1S/C27H27N5OS/c1-20-17-23(27(33)32-15-13-31(14-16-32)19-21-5-3-11-28-18-21)9-10-24(20)30-34-25-8-2-6-22-7-4-12-29-26(22)25/h2-12,17-18,30H,13-16,19H2,1H3. The van der Waals surface area contributed by atoms with E-state index in [9.17, 15) is 4.79 Å². The van der Waals surface area contributed by atoms with Crippen LogP contribution in [0, 0.1) is 6.92 Å². The maximum Gasteiger partial charge on any atom is 0.253 e. The number of aryl methyl sites for hydroxylation is 1. The summed E-state index contributed by atoms with van der Waals surface area (Å²) in [5.74, 6) is 0.0987. The highest BCUT2D eigenvalue weighted by Gasteiger charge is 2.22. The van der Waals surface area contributed by atoms with Crippen LogP contribution < -0.4 is 4.72 Å². The first-order valence-corrected chi connectivity index (χ1v) is 12.3. The van der Waals surface area contributed by atoms with Gasteiger partial charge in [-0.15, -0.1) is 0 Å². The molecule has 4 aromatic rings. The van der Waals surface area contributed by atoms with Crippen molar-refractivity contribution in [1.29, 1.82) is 0 Å². The number of hydrogen-bond acceptors (Lipinski definition) is 6. The number of nitrogens with one attached hydrogen (secondary N) is 1. The summed E-state index contributed by atoms with van der Waals surface area (Å²) in [5.41, 5.74) is 4.96. The maximum absolute atomic E-state index is 13.1. The van der Waals surface area contributed by atoms with Crippen molar-refractivity contribution in [3.8, 4) is 0 Å². The Bertz CT molecular complexity index is 1280. The maximum atomic E-state index is 13.1. The molecule has 2 aromatic carbocycles. The van der Waals surface area contributed by atoms with Crippen LogP contribution in [0.4, 0.5) is 5.69 Å². The molecule has 172 valence electrons. The first-order valence-electron chi connectivity index (χ1n) is 11.5. The second-order valence-corrected chi connectivity index (χ2v) is 9.34. The van der Waals surface area contributed by atoms with Gasteiger partial charge in [-0.05, 0) is 66.4 Å². The third kappa shape index (κ3) is 5.05. The van der Waals surface area contributed by atoms with Gasteiger partial charge in [-0.3, -0.25) is 19.7 Å². The number of fused-ring (bicyclic) bond motifs is 1. The van der Waals surface area contributed by atoms with E-state index in [1.54, 1.807) is 18.1 Å². The van der Waals surface area contributed by atoms with Crippen molar-refractivity contribution < 1.29 is 4.79 Å². The van der Waals surface area contributed by atoms with Crippen molar-refractivity contribution in [1.82, 2.24) is 19.8 Å². The molecule has 0 unspecified atom stereocenters. The third-order valence-corrected chi connectivity index (χ3v) is 7.00. The monoisotopic (exact) mass is 469 g/mol. The van der Waals surface area contributed by atoms with Crippen LogP contribution in [0.5, 0.6) is 0 Å². The quantitative estimate of drug-likeness (QED) is 0.400. The van der Waals surface area contributed by atoms with Crippen molar-refractivity contribution in [3.05, 3.63) is 95.9 Å². The third-order valence-electron chi connectivity index (χ3n) is 6.13. The summed E-state index contributed by atoms with van der Waals surface area (Å²) < 4.78 is 3.44. The largest absolute Gasteiger partial charge is 0.336 e. The van der Waals surface area contributed by atoms with Crippen LogP contribution in [0.3, 0.4) is 0 Å². The SMILES string of the molecule is Cc1cc(C(=O)N2CCN(Cc3cccnc3)CC2)ccc1NSc1cccc2cccnc12. The second kappa shape index (κ2) is 10.2. The minimum absolute atomic E-state index is 0.0987. The molecule has 7 heteroatoms. The van der Waals surface area contributed by atoms with E-state index in [4.69, 9.17) is 0 Å². The second-order valence-electron chi connectivity index (χ2n) is 8.49. The van der Waals surface area contributed by atoms with Crippen molar-refractivity contribution in [2.75, 3.05) is 30.9 Å². The fourth-order valence-corrected chi connectivity index (χ4v) is 5.08. The number of amides is 1. The van der Waals surface area contributed by atoms with Gasteiger partial charge in [0.1, 0.15) is 0 Å². The summed E-state index contributed by atoms with van der Waals surface area (Å²) in [6.45, 7) is 6.13. The normalized spacial score (nSPS) is 14.3. The zero-order valence-corrected chi connectivity index (χ0v) is 20.0. The number of benzene rings is 2. The van der Waals surface area contributed by atoms with E-state index in [-0.39, 0.29) is 5.91 Å². The van der Waals surface area contributed by atoms with Crippen molar-refractivity contribution in [2.45, 2.75) is 18.4 Å². The Hall–Kier alpha value is -3.42. The molecular formula is C27H27N5OS. The molecule has 0 bridgehead atoms. The molecule has 0 radical (unpaired) electrons. The lowest BCUT2D eigenvalue weighted by atomic mass is 10.1. The lowest BCUT2D eigenvalue weighted by Crippen LogP contribution is -2.48. The Morgan fingerprint density at radius 1 is 1.00 bits per heavy atom. The highest BCUT2D eigenvalue weighted by atomic mass is 32.2. The number of hydrogen-bond donors (Lipinski definition) is 1. The van der Waals surface area contributed by atoms with Gasteiger partial charge in [0, 0.05) is 68.0 Å². The van der Waals surface area contributed by atoms with Crippen molar-refractivity contribution in [3.63, 3.8) is 0 Å². The van der Waals surface area contributed by atoms with Crippen LogP contribution in [0.15, 0.2) is 84.1 Å². The van der Waals surface area contributed by atoms with E-state index in [1.807, 2.05) is 60.6 Å². The molecule has 34 heavy (non-hydrogen) atoms. The van der Waals surface area contributed by atoms with Gasteiger partial charge in [0.25, 0.3) is 5.91 Å². The van der Waals surface area contributed by atoms with Crippen LogP contribution in [0.2, 0.25) is 0 Å². The summed E-state index contributed by atoms with van der Waals surface area (Å²) in [6, 6.07) is 20.1. The van der Waals surface area contributed by atoms with E-state index in [1.165, 1.54) is 5.56 Å². The number of piperazine rings is 1. The summed E-state index contributed by atoms with van der Waals surface area (Å²) >= 11 is 1.54. The molecule has 1 saturated heterocycles. The molecule has 1 aliphatic heterocycles.